The zero-order valence-electron chi connectivity index (χ0n) is 23.1. The molecule has 0 aliphatic heterocycles. The number of halogens is 4. The van der Waals surface area contributed by atoms with Crippen LogP contribution < -0.4 is 19.5 Å². The standard InChI is InChI=1S/C28H27ClF3N3O5S2/c1-15(2)39-22-10-18(11-23(13-22)40-28(30,31)32)27(3,4)17-8-19(29)12-20(9-17)34-25(36)24-7-16-6-21(35-42(5,37)38)14-33-26(16)41-24/h6-15,35H,1-5H3,(H,34,36). The van der Waals surface area contributed by atoms with Crippen LogP contribution in [0.25, 0.3) is 10.2 Å². The maximum Gasteiger partial charge on any atom is 0.573 e. The van der Waals surface area contributed by atoms with Crippen molar-refractivity contribution in [1.29, 1.82) is 0 Å². The van der Waals surface area contributed by atoms with Crippen molar-refractivity contribution in [2.45, 2.75) is 45.6 Å². The van der Waals surface area contributed by atoms with E-state index in [-0.39, 0.29) is 17.5 Å². The number of carbonyl (C=O) groups is 1. The van der Waals surface area contributed by atoms with Gasteiger partial charge < -0.3 is 14.8 Å². The van der Waals surface area contributed by atoms with E-state index in [4.69, 9.17) is 16.3 Å². The predicted octanol–water partition coefficient (Wildman–Crippen LogP) is 7.59. The number of thiophene rings is 1. The summed E-state index contributed by atoms with van der Waals surface area (Å²) in [7, 11) is -3.50. The van der Waals surface area contributed by atoms with Crippen LogP contribution in [0.3, 0.4) is 0 Å². The second-order valence-electron chi connectivity index (χ2n) is 10.3. The van der Waals surface area contributed by atoms with Crippen molar-refractivity contribution in [3.05, 3.63) is 75.8 Å². The van der Waals surface area contributed by atoms with E-state index in [0.29, 0.717) is 36.9 Å². The van der Waals surface area contributed by atoms with Crippen LogP contribution in [0, 0.1) is 0 Å². The van der Waals surface area contributed by atoms with Crippen molar-refractivity contribution >= 4 is 60.5 Å². The van der Waals surface area contributed by atoms with Crippen molar-refractivity contribution in [2.24, 2.45) is 0 Å². The number of nitrogens with one attached hydrogen (secondary N) is 2. The first kappa shape index (κ1) is 31.4. The molecule has 8 nitrogen and oxygen atoms in total. The number of pyridine rings is 1. The van der Waals surface area contributed by atoms with Gasteiger partial charge in [0, 0.05) is 27.6 Å². The molecule has 0 atom stereocenters. The average molecular weight is 642 g/mol. The number of rotatable bonds is 9. The minimum absolute atomic E-state index is 0.207. The number of alkyl halides is 3. The molecule has 2 N–H and O–H groups in total. The molecule has 0 saturated heterocycles. The molecule has 0 unspecified atom stereocenters. The molecular weight excluding hydrogens is 615 g/mol. The van der Waals surface area contributed by atoms with Crippen molar-refractivity contribution < 1.29 is 35.9 Å². The highest BCUT2D eigenvalue weighted by atomic mass is 35.5. The number of aromatic nitrogens is 1. The van der Waals surface area contributed by atoms with Gasteiger partial charge in [0.1, 0.15) is 16.3 Å². The lowest BCUT2D eigenvalue weighted by Gasteiger charge is -2.28. The topological polar surface area (TPSA) is 107 Å². The number of amides is 1. The van der Waals surface area contributed by atoms with E-state index >= 15 is 0 Å². The SMILES string of the molecule is CC(C)Oc1cc(OC(F)(F)F)cc(C(C)(C)c2cc(Cl)cc(NC(=O)c3cc4cc(NS(C)(=O)=O)cnc4s3)c2)c1. The van der Waals surface area contributed by atoms with Gasteiger partial charge in [-0.1, -0.05) is 25.4 Å². The van der Waals surface area contributed by atoms with Gasteiger partial charge in [0.25, 0.3) is 5.91 Å². The zero-order chi connectivity index (χ0) is 31.0. The third-order valence-electron chi connectivity index (χ3n) is 5.98. The third-order valence-corrected chi connectivity index (χ3v) is 7.87. The molecule has 2 heterocycles. The van der Waals surface area contributed by atoms with Crippen molar-refractivity contribution in [2.75, 3.05) is 16.3 Å². The first-order valence-electron chi connectivity index (χ1n) is 12.5. The van der Waals surface area contributed by atoms with Crippen LogP contribution in [0.5, 0.6) is 11.5 Å². The first-order chi connectivity index (χ1) is 19.4. The second kappa shape index (κ2) is 11.6. The maximum absolute atomic E-state index is 13.1. The monoisotopic (exact) mass is 641 g/mol. The Bertz CT molecular complexity index is 1760. The molecule has 0 fully saturated rings. The Labute approximate surface area is 249 Å². The van der Waals surface area contributed by atoms with Crippen LogP contribution in [0.15, 0.2) is 54.7 Å². The normalized spacial score (nSPS) is 12.4. The highest BCUT2D eigenvalue weighted by Gasteiger charge is 2.33. The zero-order valence-corrected chi connectivity index (χ0v) is 25.5. The van der Waals surface area contributed by atoms with Gasteiger partial charge in [-0.2, -0.15) is 0 Å². The number of benzene rings is 2. The minimum Gasteiger partial charge on any atom is -0.491 e. The lowest BCUT2D eigenvalue weighted by Crippen LogP contribution is -2.22. The summed E-state index contributed by atoms with van der Waals surface area (Å²) in [6, 6.07) is 12.2. The van der Waals surface area contributed by atoms with Gasteiger partial charge in [0.05, 0.1) is 29.1 Å². The van der Waals surface area contributed by atoms with Crippen LogP contribution in [0.4, 0.5) is 24.5 Å². The van der Waals surface area contributed by atoms with Crippen LogP contribution in [-0.4, -0.2) is 38.0 Å². The van der Waals surface area contributed by atoms with Crippen molar-refractivity contribution in [3.63, 3.8) is 0 Å². The fourth-order valence-corrected chi connectivity index (χ4v) is 5.82. The average Bonchev–Trinajstić information content (AvgIpc) is 3.24. The van der Waals surface area contributed by atoms with Crippen molar-refractivity contribution in [3.8, 4) is 11.5 Å². The van der Waals surface area contributed by atoms with Gasteiger partial charge in [-0.05, 0) is 67.4 Å². The molecule has 0 aliphatic carbocycles. The molecule has 2 aromatic carbocycles. The summed E-state index contributed by atoms with van der Waals surface area (Å²) < 4.78 is 74.5. The quantitative estimate of drug-likeness (QED) is 0.195. The Hall–Kier alpha value is -3.55. The molecule has 224 valence electrons. The van der Waals surface area contributed by atoms with Gasteiger partial charge in [0.2, 0.25) is 10.0 Å². The molecule has 0 bridgehead atoms. The summed E-state index contributed by atoms with van der Waals surface area (Å²) in [6.07, 6.45) is -2.80. The third kappa shape index (κ3) is 8.05. The van der Waals surface area contributed by atoms with E-state index in [0.717, 1.165) is 17.6 Å². The smallest absolute Gasteiger partial charge is 0.491 e. The van der Waals surface area contributed by atoms with E-state index < -0.39 is 33.5 Å². The molecule has 42 heavy (non-hydrogen) atoms. The summed E-state index contributed by atoms with van der Waals surface area (Å²) in [5.41, 5.74) is 0.813. The molecule has 4 aromatic rings. The van der Waals surface area contributed by atoms with E-state index in [1.54, 1.807) is 64.1 Å². The molecule has 0 spiro atoms. The number of carbonyl (C=O) groups excluding carboxylic acids is 1. The maximum atomic E-state index is 13.1. The van der Waals surface area contributed by atoms with Gasteiger partial charge in [-0.15, -0.1) is 24.5 Å². The number of fused-ring (bicyclic) bond motifs is 1. The van der Waals surface area contributed by atoms with Crippen molar-refractivity contribution in [1.82, 2.24) is 4.98 Å². The Balaban J connectivity index is 1.64. The highest BCUT2D eigenvalue weighted by molar-refractivity contribution is 7.92. The van der Waals surface area contributed by atoms with E-state index in [1.807, 2.05) is 0 Å². The molecular formula is C28H27ClF3N3O5S2. The minimum atomic E-state index is -4.89. The largest absolute Gasteiger partial charge is 0.573 e. The van der Waals surface area contributed by atoms with Gasteiger partial charge in [0.15, 0.2) is 0 Å². The first-order valence-corrected chi connectivity index (χ1v) is 15.5. The summed E-state index contributed by atoms with van der Waals surface area (Å²) in [4.78, 5) is 18.2. The van der Waals surface area contributed by atoms with Gasteiger partial charge >= 0.3 is 6.36 Å². The van der Waals surface area contributed by atoms with Crippen LogP contribution in [0.2, 0.25) is 5.02 Å². The molecule has 1 amide bonds. The van der Waals surface area contributed by atoms with Gasteiger partial charge in [-0.3, -0.25) is 9.52 Å². The fraction of sp³-hybridized carbons (Fsp3) is 0.286. The molecule has 0 aliphatic rings. The molecule has 14 heteroatoms. The van der Waals surface area contributed by atoms with Gasteiger partial charge in [-0.25, -0.2) is 13.4 Å². The Morgan fingerprint density at radius 3 is 2.29 bits per heavy atom. The number of nitrogens with zero attached hydrogens (tertiary/aromatic N) is 1. The van der Waals surface area contributed by atoms with E-state index in [1.165, 1.54) is 18.3 Å². The van der Waals surface area contributed by atoms with E-state index in [2.05, 4.69) is 19.8 Å². The number of anilines is 2. The number of ether oxygens (including phenoxy) is 2. The Kier molecular flexibility index (Phi) is 8.68. The highest BCUT2D eigenvalue weighted by Crippen LogP contribution is 2.39. The molecule has 4 rings (SSSR count). The lowest BCUT2D eigenvalue weighted by atomic mass is 9.78. The summed E-state index contributed by atoms with van der Waals surface area (Å²) >= 11 is 7.53. The molecule has 0 radical (unpaired) electrons. The summed E-state index contributed by atoms with van der Waals surface area (Å²) in [6.45, 7) is 7.12. The van der Waals surface area contributed by atoms with Crippen LogP contribution >= 0.6 is 22.9 Å². The molecule has 2 aromatic heterocycles. The predicted molar refractivity (Wildman–Crippen MR) is 159 cm³/mol. The summed E-state index contributed by atoms with van der Waals surface area (Å²) in [5, 5.41) is 3.68. The Morgan fingerprint density at radius 2 is 1.64 bits per heavy atom. The van der Waals surface area contributed by atoms with E-state index in [9.17, 15) is 26.4 Å². The molecule has 0 saturated carbocycles. The van der Waals surface area contributed by atoms with Crippen LogP contribution in [0.1, 0.15) is 48.5 Å². The Morgan fingerprint density at radius 1 is 0.976 bits per heavy atom. The lowest BCUT2D eigenvalue weighted by molar-refractivity contribution is -0.274. The second-order valence-corrected chi connectivity index (χ2v) is 13.5. The number of sulfonamides is 1. The van der Waals surface area contributed by atoms with Crippen LogP contribution in [-0.2, 0) is 15.4 Å². The fourth-order valence-electron chi connectivity index (χ4n) is 4.16. The number of hydrogen-bond acceptors (Lipinski definition) is 7. The number of hydrogen-bond donors (Lipinski definition) is 2. The summed E-state index contributed by atoms with van der Waals surface area (Å²) in [5.74, 6) is -0.666.